The molecule has 152 valence electrons. The number of nitriles is 1. The number of amides is 2. The number of halogens is 1. The number of oxazole rings is 1. The second kappa shape index (κ2) is 8.47. The maximum absolute atomic E-state index is 14.7. The van der Waals surface area contributed by atoms with E-state index in [4.69, 9.17) is 19.2 Å². The van der Waals surface area contributed by atoms with Gasteiger partial charge in [0.2, 0.25) is 11.6 Å². The van der Waals surface area contributed by atoms with E-state index in [1.807, 2.05) is 6.07 Å². The predicted molar refractivity (Wildman–Crippen MR) is 95.8 cm³/mol. The summed E-state index contributed by atoms with van der Waals surface area (Å²) in [7, 11) is 1.22. The average Bonchev–Trinajstić information content (AvgIpc) is 3.29. The average molecular weight is 404 g/mol. The Morgan fingerprint density at radius 3 is 2.97 bits per heavy atom. The Morgan fingerprint density at radius 2 is 2.31 bits per heavy atom. The van der Waals surface area contributed by atoms with Crippen LogP contribution in [-0.4, -0.2) is 50.1 Å². The summed E-state index contributed by atoms with van der Waals surface area (Å²) in [6.45, 7) is 2.15. The quantitative estimate of drug-likeness (QED) is 0.778. The zero-order chi connectivity index (χ0) is 21.0. The van der Waals surface area contributed by atoms with Crippen molar-refractivity contribution in [3.63, 3.8) is 0 Å². The number of hydrogen-bond acceptors (Lipinski definition) is 8. The monoisotopic (exact) mass is 404 g/mol. The molecule has 1 N–H and O–H groups in total. The molecule has 0 spiro atoms. The summed E-state index contributed by atoms with van der Waals surface area (Å²) in [6.07, 6.45) is -1.93. The van der Waals surface area contributed by atoms with E-state index in [9.17, 15) is 14.0 Å². The minimum atomic E-state index is -0.708. The molecule has 10 nitrogen and oxygen atoms in total. The fourth-order valence-electron chi connectivity index (χ4n) is 2.67. The molecular formula is C18H17FN4O6. The minimum absolute atomic E-state index is 0.00711. The second-order valence-corrected chi connectivity index (χ2v) is 5.85. The van der Waals surface area contributed by atoms with Gasteiger partial charge in [-0.1, -0.05) is 0 Å². The number of cyclic esters (lactones) is 1. The van der Waals surface area contributed by atoms with Crippen LogP contribution in [0.1, 0.15) is 12.6 Å². The molecule has 3 rings (SSSR count). The molecule has 1 aromatic heterocycles. The normalized spacial score (nSPS) is 15.6. The number of nitrogens with one attached hydrogen (secondary N) is 1. The van der Waals surface area contributed by atoms with E-state index in [0.717, 1.165) is 6.07 Å². The Hall–Kier alpha value is -3.81. The van der Waals surface area contributed by atoms with Crippen molar-refractivity contribution in [3.05, 3.63) is 29.7 Å². The van der Waals surface area contributed by atoms with Gasteiger partial charge in [-0.3, -0.25) is 4.90 Å². The number of carbonyl (C=O) groups is 2. The number of hydrogen-bond donors (Lipinski definition) is 1. The van der Waals surface area contributed by atoms with Gasteiger partial charge in [0, 0.05) is 0 Å². The highest BCUT2D eigenvalue weighted by Gasteiger charge is 2.33. The topological polar surface area (TPSA) is 127 Å². The molecule has 1 atom stereocenters. The fraction of sp³-hybridized carbons (Fsp3) is 0.333. The Balaban J connectivity index is 1.77. The van der Waals surface area contributed by atoms with E-state index in [2.05, 4.69) is 15.0 Å². The number of aromatic nitrogens is 1. The lowest BCUT2D eigenvalue weighted by atomic mass is 10.1. The van der Waals surface area contributed by atoms with Crippen LogP contribution >= 0.6 is 0 Å². The number of rotatable bonds is 6. The summed E-state index contributed by atoms with van der Waals surface area (Å²) in [4.78, 5) is 28.4. The number of carbonyl (C=O) groups excluding carboxylic acids is 2. The Bertz CT molecular complexity index is 970. The number of methoxy groups -OCH3 is 1. The maximum Gasteiger partial charge on any atom is 0.414 e. The molecule has 1 aliphatic heterocycles. The van der Waals surface area contributed by atoms with Crippen molar-refractivity contribution in [1.29, 1.82) is 5.26 Å². The number of ether oxygens (including phenoxy) is 3. The first kappa shape index (κ1) is 19.9. The summed E-state index contributed by atoms with van der Waals surface area (Å²) in [5.74, 6) is -0.907. The molecule has 0 saturated carbocycles. The molecule has 1 aliphatic rings. The van der Waals surface area contributed by atoms with Gasteiger partial charge in [0.25, 0.3) is 0 Å². The first-order valence-corrected chi connectivity index (χ1v) is 8.60. The first-order chi connectivity index (χ1) is 14.0. The van der Waals surface area contributed by atoms with Crippen LogP contribution in [0.4, 0.5) is 19.7 Å². The lowest BCUT2D eigenvalue weighted by Crippen LogP contribution is -2.34. The fourth-order valence-corrected chi connectivity index (χ4v) is 2.67. The van der Waals surface area contributed by atoms with E-state index < -0.39 is 24.1 Å². The van der Waals surface area contributed by atoms with E-state index in [1.54, 1.807) is 6.92 Å². The summed E-state index contributed by atoms with van der Waals surface area (Å²) < 4.78 is 34.8. The van der Waals surface area contributed by atoms with E-state index >= 15 is 0 Å². The van der Waals surface area contributed by atoms with Gasteiger partial charge in [-0.2, -0.15) is 10.2 Å². The summed E-state index contributed by atoms with van der Waals surface area (Å²) in [5, 5.41) is 11.5. The second-order valence-electron chi connectivity index (χ2n) is 5.85. The molecule has 1 fully saturated rings. The van der Waals surface area contributed by atoms with Crippen LogP contribution in [-0.2, 0) is 9.47 Å². The van der Waals surface area contributed by atoms with Gasteiger partial charge in [-0.25, -0.2) is 14.0 Å². The highest BCUT2D eigenvalue weighted by atomic mass is 19.1. The maximum atomic E-state index is 14.7. The summed E-state index contributed by atoms with van der Waals surface area (Å²) in [6, 6.07) is 5.82. The molecule has 0 bridgehead atoms. The highest BCUT2D eigenvalue weighted by Crippen LogP contribution is 2.32. The Kier molecular flexibility index (Phi) is 5.82. The van der Waals surface area contributed by atoms with Crippen LogP contribution in [0.3, 0.4) is 0 Å². The third-order valence-electron chi connectivity index (χ3n) is 4.01. The molecule has 0 aliphatic carbocycles. The van der Waals surface area contributed by atoms with E-state index in [-0.39, 0.29) is 48.5 Å². The third kappa shape index (κ3) is 4.21. The number of nitrogens with zero attached hydrogens (tertiary/aromatic N) is 3. The third-order valence-corrected chi connectivity index (χ3v) is 4.01. The number of alkyl carbamates (subject to hydrolysis) is 1. The molecule has 1 saturated heterocycles. The molecule has 1 unspecified atom stereocenters. The van der Waals surface area contributed by atoms with Crippen LogP contribution in [0.2, 0.25) is 0 Å². The van der Waals surface area contributed by atoms with Crippen LogP contribution in [0, 0.1) is 17.1 Å². The van der Waals surface area contributed by atoms with Crippen LogP contribution < -0.4 is 15.0 Å². The van der Waals surface area contributed by atoms with Gasteiger partial charge in [0.15, 0.2) is 0 Å². The van der Waals surface area contributed by atoms with Gasteiger partial charge in [0.1, 0.15) is 18.0 Å². The first-order valence-electron chi connectivity index (χ1n) is 8.60. The molecular weight excluding hydrogens is 387 g/mol. The molecule has 11 heteroatoms. The van der Waals surface area contributed by atoms with Crippen LogP contribution in [0.15, 0.2) is 22.6 Å². The molecule has 0 radical (unpaired) electrons. The largest absolute Gasteiger partial charge is 0.463 e. The molecule has 2 heterocycles. The number of benzene rings is 1. The smallest absolute Gasteiger partial charge is 0.414 e. The zero-order valence-electron chi connectivity index (χ0n) is 15.6. The number of anilines is 1. The van der Waals surface area contributed by atoms with Crippen molar-refractivity contribution >= 4 is 17.9 Å². The van der Waals surface area contributed by atoms with Crippen molar-refractivity contribution < 1.29 is 32.6 Å². The molecule has 1 aromatic carbocycles. The van der Waals surface area contributed by atoms with Crippen molar-refractivity contribution in [2.75, 3.05) is 31.7 Å². The Labute approximate surface area is 164 Å². The standard InChI is InChI=1S/C18H17FN4O6/c1-3-27-16-14(7-20)22-15(29-16)12-5-4-10(6-13(12)19)23-9-11(28-18(23)25)8-21-17(24)26-2/h4-6,11H,3,8-9H2,1-2H3,(H,21,24). The van der Waals surface area contributed by atoms with Gasteiger partial charge in [-0.15, -0.1) is 0 Å². The van der Waals surface area contributed by atoms with E-state index in [1.165, 1.54) is 24.1 Å². The van der Waals surface area contributed by atoms with Crippen molar-refractivity contribution in [2.24, 2.45) is 0 Å². The van der Waals surface area contributed by atoms with Crippen molar-refractivity contribution in [3.8, 4) is 23.5 Å². The minimum Gasteiger partial charge on any atom is -0.463 e. The molecule has 2 amide bonds. The lowest BCUT2D eigenvalue weighted by molar-refractivity contribution is 0.132. The summed E-state index contributed by atoms with van der Waals surface area (Å²) in [5.41, 5.74) is 0.177. The van der Waals surface area contributed by atoms with Gasteiger partial charge in [-0.05, 0) is 25.1 Å². The highest BCUT2D eigenvalue weighted by molar-refractivity contribution is 5.90. The van der Waals surface area contributed by atoms with Crippen LogP contribution in [0.5, 0.6) is 5.95 Å². The SMILES string of the molecule is CCOc1oc(-c2ccc(N3CC(CNC(=O)OC)OC3=O)cc2F)nc1C#N. The van der Waals surface area contributed by atoms with Crippen molar-refractivity contribution in [1.82, 2.24) is 10.3 Å². The Morgan fingerprint density at radius 1 is 1.52 bits per heavy atom. The van der Waals surface area contributed by atoms with E-state index in [0.29, 0.717) is 0 Å². The summed E-state index contributed by atoms with van der Waals surface area (Å²) >= 11 is 0. The van der Waals surface area contributed by atoms with Gasteiger partial charge in [0.05, 0.1) is 38.1 Å². The van der Waals surface area contributed by atoms with Gasteiger partial charge < -0.3 is 23.9 Å². The van der Waals surface area contributed by atoms with Crippen molar-refractivity contribution in [2.45, 2.75) is 13.0 Å². The zero-order valence-corrected chi connectivity index (χ0v) is 15.6. The molecule has 29 heavy (non-hydrogen) atoms. The van der Waals surface area contributed by atoms with Crippen LogP contribution in [0.25, 0.3) is 11.5 Å². The predicted octanol–water partition coefficient (Wildman–Crippen LogP) is 2.43. The molecule has 2 aromatic rings. The van der Waals surface area contributed by atoms with Gasteiger partial charge >= 0.3 is 18.1 Å². The lowest BCUT2D eigenvalue weighted by Gasteiger charge is -2.14.